The smallest absolute Gasteiger partial charge is 0.194 e. The number of aromatic nitrogens is 2. The largest absolute Gasteiger partial charge is 0.324 e. The highest BCUT2D eigenvalue weighted by atomic mass is 32.1. The van der Waals surface area contributed by atoms with Gasteiger partial charge in [0, 0.05) is 22.3 Å². The standard InChI is InChI=1S/C15H19N3S/c1-9-8-10-11(16)4-2-6-13(10)18(9)15-17-12-5-3-7-14(12)19-15/h8,11H,2-7,16H2,1H3. The molecule has 0 aromatic carbocycles. The van der Waals surface area contributed by atoms with Crippen molar-refractivity contribution < 1.29 is 0 Å². The summed E-state index contributed by atoms with van der Waals surface area (Å²) >= 11 is 1.88. The van der Waals surface area contributed by atoms with Crippen molar-refractivity contribution in [2.45, 2.75) is 51.5 Å². The van der Waals surface area contributed by atoms with Crippen molar-refractivity contribution in [1.82, 2.24) is 9.55 Å². The minimum absolute atomic E-state index is 0.218. The fourth-order valence-corrected chi connectivity index (χ4v) is 4.71. The molecule has 0 amide bonds. The second-order valence-electron chi connectivity index (χ2n) is 5.74. The predicted octanol–water partition coefficient (Wildman–Crippen LogP) is 3.07. The normalized spacial score (nSPS) is 21.5. The van der Waals surface area contributed by atoms with Crippen molar-refractivity contribution in [3.8, 4) is 5.13 Å². The summed E-state index contributed by atoms with van der Waals surface area (Å²) in [5.41, 5.74) is 11.6. The van der Waals surface area contributed by atoms with Crippen LogP contribution in [0, 0.1) is 6.92 Å². The molecule has 2 N–H and O–H groups in total. The maximum atomic E-state index is 6.25. The molecule has 2 aromatic rings. The number of rotatable bonds is 1. The highest BCUT2D eigenvalue weighted by molar-refractivity contribution is 7.14. The number of fused-ring (bicyclic) bond motifs is 2. The molecule has 4 heteroatoms. The molecule has 0 bridgehead atoms. The molecule has 0 saturated carbocycles. The molecule has 2 aromatic heterocycles. The molecular formula is C15H19N3S. The van der Waals surface area contributed by atoms with Gasteiger partial charge in [0.1, 0.15) is 0 Å². The molecule has 4 rings (SSSR count). The molecule has 0 saturated heterocycles. The average molecular weight is 273 g/mol. The van der Waals surface area contributed by atoms with E-state index < -0.39 is 0 Å². The Bertz CT molecular complexity index is 617. The zero-order valence-corrected chi connectivity index (χ0v) is 12.1. The van der Waals surface area contributed by atoms with Gasteiger partial charge in [0.2, 0.25) is 0 Å². The first kappa shape index (κ1) is 11.7. The Morgan fingerprint density at radius 1 is 1.32 bits per heavy atom. The van der Waals surface area contributed by atoms with Crippen LogP contribution in [0.5, 0.6) is 0 Å². The topological polar surface area (TPSA) is 43.8 Å². The van der Waals surface area contributed by atoms with Crippen LogP contribution in [-0.4, -0.2) is 9.55 Å². The summed E-state index contributed by atoms with van der Waals surface area (Å²) in [5.74, 6) is 0. The lowest BCUT2D eigenvalue weighted by Crippen LogP contribution is -2.17. The van der Waals surface area contributed by atoms with Gasteiger partial charge in [0.15, 0.2) is 5.13 Å². The summed E-state index contributed by atoms with van der Waals surface area (Å²) in [6.45, 7) is 2.18. The van der Waals surface area contributed by atoms with Crippen molar-refractivity contribution >= 4 is 11.3 Å². The monoisotopic (exact) mass is 273 g/mol. The molecule has 2 aliphatic rings. The zero-order valence-electron chi connectivity index (χ0n) is 11.3. The molecule has 0 aliphatic heterocycles. The lowest BCUT2D eigenvalue weighted by molar-refractivity contribution is 0.559. The Hall–Kier alpha value is -1.13. The lowest BCUT2D eigenvalue weighted by atomic mass is 9.93. The minimum Gasteiger partial charge on any atom is -0.324 e. The Balaban J connectivity index is 1.86. The Kier molecular flexibility index (Phi) is 2.57. The van der Waals surface area contributed by atoms with Crippen LogP contribution in [-0.2, 0) is 19.3 Å². The molecule has 2 heterocycles. The van der Waals surface area contributed by atoms with E-state index in [1.165, 1.54) is 46.8 Å². The van der Waals surface area contributed by atoms with Gasteiger partial charge < -0.3 is 5.73 Å². The van der Waals surface area contributed by atoms with E-state index in [4.69, 9.17) is 10.7 Å². The fourth-order valence-electron chi connectivity index (χ4n) is 3.48. The number of nitrogens with zero attached hydrogens (tertiary/aromatic N) is 2. The van der Waals surface area contributed by atoms with Crippen LogP contribution in [0.3, 0.4) is 0 Å². The zero-order chi connectivity index (χ0) is 13.0. The molecule has 0 fully saturated rings. The van der Waals surface area contributed by atoms with E-state index in [-0.39, 0.29) is 6.04 Å². The molecule has 2 aliphatic carbocycles. The van der Waals surface area contributed by atoms with Gasteiger partial charge in [-0.15, -0.1) is 11.3 Å². The van der Waals surface area contributed by atoms with E-state index in [9.17, 15) is 0 Å². The number of hydrogen-bond acceptors (Lipinski definition) is 3. The Morgan fingerprint density at radius 3 is 3.05 bits per heavy atom. The molecule has 0 radical (unpaired) electrons. The summed E-state index contributed by atoms with van der Waals surface area (Å²) in [4.78, 5) is 6.37. The van der Waals surface area contributed by atoms with Crippen molar-refractivity contribution in [2.24, 2.45) is 5.73 Å². The van der Waals surface area contributed by atoms with Crippen LogP contribution < -0.4 is 5.73 Å². The molecule has 19 heavy (non-hydrogen) atoms. The third kappa shape index (κ3) is 1.70. The minimum atomic E-state index is 0.218. The molecular weight excluding hydrogens is 254 g/mol. The van der Waals surface area contributed by atoms with E-state index in [2.05, 4.69) is 17.6 Å². The number of aryl methyl sites for hydroxylation is 3. The fraction of sp³-hybridized carbons (Fsp3) is 0.533. The van der Waals surface area contributed by atoms with E-state index in [1.807, 2.05) is 11.3 Å². The van der Waals surface area contributed by atoms with Gasteiger partial charge >= 0.3 is 0 Å². The van der Waals surface area contributed by atoms with E-state index in [0.717, 1.165) is 24.4 Å². The van der Waals surface area contributed by atoms with Crippen molar-refractivity contribution in [2.75, 3.05) is 0 Å². The third-order valence-electron chi connectivity index (χ3n) is 4.42. The summed E-state index contributed by atoms with van der Waals surface area (Å²) in [6, 6.07) is 2.49. The maximum Gasteiger partial charge on any atom is 0.194 e. The van der Waals surface area contributed by atoms with Crippen molar-refractivity contribution in [1.29, 1.82) is 0 Å². The first-order valence-electron chi connectivity index (χ1n) is 7.19. The molecule has 1 unspecified atom stereocenters. The van der Waals surface area contributed by atoms with Gasteiger partial charge in [0.25, 0.3) is 0 Å². The van der Waals surface area contributed by atoms with Crippen LogP contribution in [0.4, 0.5) is 0 Å². The van der Waals surface area contributed by atoms with E-state index in [0.29, 0.717) is 0 Å². The van der Waals surface area contributed by atoms with Crippen LogP contribution in [0.1, 0.15) is 52.8 Å². The van der Waals surface area contributed by atoms with E-state index >= 15 is 0 Å². The Labute approximate surface area is 117 Å². The van der Waals surface area contributed by atoms with Gasteiger partial charge in [-0.3, -0.25) is 4.57 Å². The summed E-state index contributed by atoms with van der Waals surface area (Å²) < 4.78 is 2.36. The summed E-state index contributed by atoms with van der Waals surface area (Å²) in [6.07, 6.45) is 7.11. The second-order valence-corrected chi connectivity index (χ2v) is 6.80. The van der Waals surface area contributed by atoms with Crippen LogP contribution in [0.25, 0.3) is 5.13 Å². The molecule has 3 nitrogen and oxygen atoms in total. The third-order valence-corrected chi connectivity index (χ3v) is 5.57. The number of nitrogens with two attached hydrogens (primary N) is 1. The van der Waals surface area contributed by atoms with Crippen LogP contribution in [0.2, 0.25) is 0 Å². The first-order valence-corrected chi connectivity index (χ1v) is 8.01. The first-order chi connectivity index (χ1) is 9.24. The molecule has 0 spiro atoms. The number of thiazole rings is 1. The second kappa shape index (κ2) is 4.18. The van der Waals surface area contributed by atoms with Crippen LogP contribution >= 0.6 is 11.3 Å². The Morgan fingerprint density at radius 2 is 2.21 bits per heavy atom. The number of hydrogen-bond donors (Lipinski definition) is 1. The van der Waals surface area contributed by atoms with Gasteiger partial charge in [-0.05, 0) is 57.1 Å². The van der Waals surface area contributed by atoms with Gasteiger partial charge in [-0.1, -0.05) is 0 Å². The van der Waals surface area contributed by atoms with Gasteiger partial charge in [0.05, 0.1) is 5.69 Å². The average Bonchev–Trinajstić information content (AvgIpc) is 3.00. The quantitative estimate of drug-likeness (QED) is 0.868. The van der Waals surface area contributed by atoms with E-state index in [1.54, 1.807) is 0 Å². The van der Waals surface area contributed by atoms with Gasteiger partial charge in [-0.2, -0.15) is 0 Å². The maximum absolute atomic E-state index is 6.25. The molecule has 1 atom stereocenters. The SMILES string of the molecule is Cc1cc2c(n1-c1nc3c(s1)CCC3)CCCC2N. The van der Waals surface area contributed by atoms with Gasteiger partial charge in [-0.25, -0.2) is 4.98 Å². The summed E-state index contributed by atoms with van der Waals surface area (Å²) in [7, 11) is 0. The molecule has 100 valence electrons. The highest BCUT2D eigenvalue weighted by Crippen LogP contribution is 2.36. The lowest BCUT2D eigenvalue weighted by Gasteiger charge is -2.20. The highest BCUT2D eigenvalue weighted by Gasteiger charge is 2.25. The van der Waals surface area contributed by atoms with Crippen LogP contribution in [0.15, 0.2) is 6.07 Å². The predicted molar refractivity (Wildman–Crippen MR) is 78.1 cm³/mol. The summed E-state index contributed by atoms with van der Waals surface area (Å²) in [5, 5.41) is 1.16. The van der Waals surface area contributed by atoms with Crippen molar-refractivity contribution in [3.05, 3.63) is 33.6 Å². The van der Waals surface area contributed by atoms with Crippen molar-refractivity contribution in [3.63, 3.8) is 0 Å².